The summed E-state index contributed by atoms with van der Waals surface area (Å²) in [6, 6.07) is 3.89. The van der Waals surface area contributed by atoms with Crippen molar-refractivity contribution >= 4 is 23.2 Å². The van der Waals surface area contributed by atoms with Gasteiger partial charge in [0.25, 0.3) is 0 Å². The summed E-state index contributed by atoms with van der Waals surface area (Å²) < 4.78 is 0. The molecule has 114 valence electrons. The number of hydrogen-bond acceptors (Lipinski definition) is 2. The maximum atomic E-state index is 10.1. The standard InChI is InChI=1S/C16H25Cl2NO/c1-5-14(6-2)19(9-11(3)4)10-12-7-13(17)8-15(18)16(12)20/h7-8,11,14,20H,5-6,9-10H2,1-4H3. The minimum absolute atomic E-state index is 0.149. The van der Waals surface area contributed by atoms with Crippen LogP contribution in [0.3, 0.4) is 0 Å². The molecule has 4 heteroatoms. The van der Waals surface area contributed by atoms with Crippen LogP contribution in [0, 0.1) is 5.92 Å². The smallest absolute Gasteiger partial charge is 0.138 e. The molecule has 0 bridgehead atoms. The van der Waals surface area contributed by atoms with Gasteiger partial charge < -0.3 is 5.11 Å². The van der Waals surface area contributed by atoms with Crippen LogP contribution < -0.4 is 0 Å². The highest BCUT2D eigenvalue weighted by Gasteiger charge is 2.19. The largest absolute Gasteiger partial charge is 0.506 e. The number of phenols is 1. The summed E-state index contributed by atoms with van der Waals surface area (Å²) in [5.41, 5.74) is 0.801. The Morgan fingerprint density at radius 3 is 2.25 bits per heavy atom. The van der Waals surface area contributed by atoms with Crippen LogP contribution in [-0.4, -0.2) is 22.6 Å². The van der Waals surface area contributed by atoms with E-state index in [4.69, 9.17) is 23.2 Å². The van der Waals surface area contributed by atoms with Gasteiger partial charge in [0.15, 0.2) is 0 Å². The molecule has 0 aliphatic heterocycles. The first-order valence-corrected chi connectivity index (χ1v) is 8.05. The van der Waals surface area contributed by atoms with Gasteiger partial charge in [-0.2, -0.15) is 0 Å². The molecule has 0 aliphatic rings. The van der Waals surface area contributed by atoms with Crippen LogP contribution in [0.2, 0.25) is 10.0 Å². The van der Waals surface area contributed by atoms with E-state index in [1.807, 2.05) is 0 Å². The third-order valence-corrected chi connectivity index (χ3v) is 4.05. The summed E-state index contributed by atoms with van der Waals surface area (Å²) in [6.45, 7) is 10.5. The van der Waals surface area contributed by atoms with E-state index in [-0.39, 0.29) is 5.75 Å². The monoisotopic (exact) mass is 317 g/mol. The maximum absolute atomic E-state index is 10.1. The van der Waals surface area contributed by atoms with Gasteiger partial charge in [-0.1, -0.05) is 50.9 Å². The molecule has 0 fully saturated rings. The van der Waals surface area contributed by atoms with Crippen molar-refractivity contribution in [2.24, 2.45) is 5.92 Å². The molecule has 1 aromatic carbocycles. The molecule has 20 heavy (non-hydrogen) atoms. The summed E-state index contributed by atoms with van der Waals surface area (Å²) >= 11 is 12.0. The van der Waals surface area contributed by atoms with Gasteiger partial charge in [0.2, 0.25) is 0 Å². The van der Waals surface area contributed by atoms with Crippen molar-refractivity contribution in [3.63, 3.8) is 0 Å². The fraction of sp³-hybridized carbons (Fsp3) is 0.625. The maximum Gasteiger partial charge on any atom is 0.138 e. The van der Waals surface area contributed by atoms with E-state index in [0.717, 1.165) is 24.9 Å². The molecular formula is C16H25Cl2NO. The molecule has 0 unspecified atom stereocenters. The topological polar surface area (TPSA) is 23.5 Å². The van der Waals surface area contributed by atoms with Gasteiger partial charge in [-0.15, -0.1) is 0 Å². The minimum atomic E-state index is 0.149. The Hall–Kier alpha value is -0.440. The molecule has 0 aromatic heterocycles. The molecule has 0 atom stereocenters. The quantitative estimate of drug-likeness (QED) is 0.733. The Morgan fingerprint density at radius 2 is 1.75 bits per heavy atom. The number of hydrogen-bond donors (Lipinski definition) is 1. The molecule has 1 aromatic rings. The highest BCUT2D eigenvalue weighted by atomic mass is 35.5. The van der Waals surface area contributed by atoms with Crippen LogP contribution in [0.5, 0.6) is 5.75 Å². The normalized spacial score (nSPS) is 11.8. The molecule has 1 rings (SSSR count). The molecule has 0 heterocycles. The van der Waals surface area contributed by atoms with Crippen molar-refractivity contribution in [1.82, 2.24) is 4.90 Å². The number of halogens is 2. The summed E-state index contributed by atoms with van der Waals surface area (Å²) in [7, 11) is 0. The lowest BCUT2D eigenvalue weighted by Crippen LogP contribution is -2.36. The van der Waals surface area contributed by atoms with E-state index < -0.39 is 0 Å². The summed E-state index contributed by atoms with van der Waals surface area (Å²) in [4.78, 5) is 2.41. The predicted octanol–water partition coefficient (Wildman–Crippen LogP) is 5.35. The minimum Gasteiger partial charge on any atom is -0.506 e. The molecule has 0 radical (unpaired) electrons. The first-order chi connectivity index (χ1) is 9.38. The second kappa shape index (κ2) is 8.11. The zero-order chi connectivity index (χ0) is 15.3. The van der Waals surface area contributed by atoms with E-state index >= 15 is 0 Å². The highest BCUT2D eigenvalue weighted by Crippen LogP contribution is 2.32. The number of benzene rings is 1. The van der Waals surface area contributed by atoms with Crippen molar-refractivity contribution in [3.05, 3.63) is 27.7 Å². The van der Waals surface area contributed by atoms with E-state index in [9.17, 15) is 5.11 Å². The lowest BCUT2D eigenvalue weighted by Gasteiger charge is -2.32. The average Bonchev–Trinajstić information content (AvgIpc) is 2.36. The van der Waals surface area contributed by atoms with Crippen LogP contribution in [0.1, 0.15) is 46.1 Å². The van der Waals surface area contributed by atoms with Crippen molar-refractivity contribution < 1.29 is 5.11 Å². The predicted molar refractivity (Wildman–Crippen MR) is 87.7 cm³/mol. The lowest BCUT2D eigenvalue weighted by molar-refractivity contribution is 0.156. The molecule has 0 spiro atoms. The Morgan fingerprint density at radius 1 is 1.15 bits per heavy atom. The Balaban J connectivity index is 3.00. The summed E-state index contributed by atoms with van der Waals surface area (Å²) in [5.74, 6) is 0.725. The fourth-order valence-electron chi connectivity index (χ4n) is 2.58. The third-order valence-electron chi connectivity index (χ3n) is 3.54. The molecule has 0 aliphatic carbocycles. The van der Waals surface area contributed by atoms with E-state index in [2.05, 4.69) is 32.6 Å². The molecule has 1 N–H and O–H groups in total. The van der Waals surface area contributed by atoms with Crippen LogP contribution in [0.25, 0.3) is 0 Å². The van der Waals surface area contributed by atoms with E-state index in [1.54, 1.807) is 12.1 Å². The summed E-state index contributed by atoms with van der Waals surface area (Å²) in [6.07, 6.45) is 2.19. The van der Waals surface area contributed by atoms with Gasteiger partial charge in [-0.05, 0) is 30.9 Å². The fourth-order valence-corrected chi connectivity index (χ4v) is 3.11. The average molecular weight is 318 g/mol. The zero-order valence-corrected chi connectivity index (χ0v) is 14.3. The lowest BCUT2D eigenvalue weighted by atomic mass is 10.1. The first kappa shape index (κ1) is 17.6. The molecule has 0 amide bonds. The van der Waals surface area contributed by atoms with E-state index in [0.29, 0.717) is 28.5 Å². The van der Waals surface area contributed by atoms with Gasteiger partial charge in [-0.25, -0.2) is 0 Å². The zero-order valence-electron chi connectivity index (χ0n) is 12.8. The van der Waals surface area contributed by atoms with Gasteiger partial charge in [0.1, 0.15) is 5.75 Å². The van der Waals surface area contributed by atoms with Gasteiger partial charge in [0.05, 0.1) is 5.02 Å². The third kappa shape index (κ3) is 4.83. The number of rotatable bonds is 7. The van der Waals surface area contributed by atoms with Crippen molar-refractivity contribution in [2.75, 3.05) is 6.54 Å². The highest BCUT2D eigenvalue weighted by molar-refractivity contribution is 6.35. The first-order valence-electron chi connectivity index (χ1n) is 7.29. The van der Waals surface area contributed by atoms with Crippen molar-refractivity contribution in [1.29, 1.82) is 0 Å². The van der Waals surface area contributed by atoms with Gasteiger partial charge >= 0.3 is 0 Å². The molecule has 2 nitrogen and oxygen atoms in total. The van der Waals surface area contributed by atoms with Gasteiger partial charge in [-0.3, -0.25) is 4.90 Å². The van der Waals surface area contributed by atoms with Crippen LogP contribution >= 0.6 is 23.2 Å². The van der Waals surface area contributed by atoms with Crippen LogP contribution in [0.15, 0.2) is 12.1 Å². The number of aromatic hydroxyl groups is 1. The Kier molecular flexibility index (Phi) is 7.14. The Labute approximate surface area is 132 Å². The molecule has 0 saturated heterocycles. The van der Waals surface area contributed by atoms with Crippen LogP contribution in [-0.2, 0) is 6.54 Å². The van der Waals surface area contributed by atoms with E-state index in [1.165, 1.54) is 0 Å². The van der Waals surface area contributed by atoms with Crippen molar-refractivity contribution in [3.8, 4) is 5.75 Å². The summed E-state index contributed by atoms with van der Waals surface area (Å²) in [5, 5.41) is 11.0. The number of nitrogens with zero attached hydrogens (tertiary/aromatic N) is 1. The number of phenolic OH excluding ortho intramolecular Hbond substituents is 1. The Bertz CT molecular complexity index is 431. The van der Waals surface area contributed by atoms with Crippen molar-refractivity contribution in [2.45, 2.75) is 53.1 Å². The SMILES string of the molecule is CCC(CC)N(Cc1cc(Cl)cc(Cl)c1O)CC(C)C. The second-order valence-corrected chi connectivity index (χ2v) is 6.53. The molecular weight excluding hydrogens is 293 g/mol. The molecule has 0 saturated carbocycles. The second-order valence-electron chi connectivity index (χ2n) is 5.69. The van der Waals surface area contributed by atoms with Crippen LogP contribution in [0.4, 0.5) is 0 Å². The van der Waals surface area contributed by atoms with Gasteiger partial charge in [0, 0.05) is 29.7 Å².